The van der Waals surface area contributed by atoms with Crippen LogP contribution >= 0.6 is 50.6 Å². The first-order valence-electron chi connectivity index (χ1n) is 13.9. The first kappa shape index (κ1) is 26.8. The van der Waals surface area contributed by atoms with E-state index in [1.165, 1.54) is 16.2 Å². The van der Waals surface area contributed by atoms with Gasteiger partial charge in [0.2, 0.25) is 11.8 Å². The number of ether oxygens (including phenoxy) is 1. The SMILES string of the molecule is O=C1C2C(C(=O)N1c1ccc(Br)cc1)[C@@H]1C[C@H]2C2Sc3[nH]c(=O)sc3C(c3cc(Cl)ccc3OCc3ccccc3)C21. The summed E-state index contributed by atoms with van der Waals surface area (Å²) >= 11 is 12.9. The summed E-state index contributed by atoms with van der Waals surface area (Å²) in [6.07, 6.45) is 0.819. The molecule has 2 saturated carbocycles. The van der Waals surface area contributed by atoms with Gasteiger partial charge in [0.05, 0.1) is 22.5 Å². The highest BCUT2D eigenvalue weighted by atomic mass is 79.9. The third kappa shape index (κ3) is 4.08. The third-order valence-corrected chi connectivity index (χ3v) is 12.7. The van der Waals surface area contributed by atoms with E-state index in [0.717, 1.165) is 37.7 Å². The summed E-state index contributed by atoms with van der Waals surface area (Å²) in [5, 5.41) is 1.53. The maximum atomic E-state index is 14.0. The number of anilines is 1. The number of imide groups is 1. The van der Waals surface area contributed by atoms with Gasteiger partial charge in [0.1, 0.15) is 12.4 Å². The minimum absolute atomic E-state index is 0.00528. The maximum Gasteiger partial charge on any atom is 0.305 e. The first-order chi connectivity index (χ1) is 20.4. The van der Waals surface area contributed by atoms with Gasteiger partial charge in [-0.3, -0.25) is 19.3 Å². The monoisotopic (exact) mass is 678 g/mol. The number of hydrogen-bond acceptors (Lipinski definition) is 6. The van der Waals surface area contributed by atoms with Crippen molar-refractivity contribution in [3.05, 3.63) is 108 Å². The van der Waals surface area contributed by atoms with E-state index in [4.69, 9.17) is 16.3 Å². The fourth-order valence-electron chi connectivity index (χ4n) is 7.84. The van der Waals surface area contributed by atoms with E-state index in [1.54, 1.807) is 11.8 Å². The molecule has 7 atom stereocenters. The lowest BCUT2D eigenvalue weighted by Crippen LogP contribution is -2.42. The van der Waals surface area contributed by atoms with Crippen LogP contribution in [-0.2, 0) is 16.2 Å². The van der Waals surface area contributed by atoms with Crippen molar-refractivity contribution >= 4 is 68.1 Å². The molecule has 0 radical (unpaired) electrons. The molecule has 212 valence electrons. The zero-order valence-electron chi connectivity index (χ0n) is 22.0. The van der Waals surface area contributed by atoms with E-state index in [-0.39, 0.29) is 57.4 Å². The lowest BCUT2D eigenvalue weighted by molar-refractivity contribution is -0.123. The van der Waals surface area contributed by atoms with Gasteiger partial charge in [-0.2, -0.15) is 0 Å². The molecule has 4 aromatic rings. The molecular weight excluding hydrogens is 656 g/mol. The Morgan fingerprint density at radius 3 is 2.45 bits per heavy atom. The molecule has 3 aromatic carbocycles. The first-order valence-corrected chi connectivity index (χ1v) is 16.7. The molecule has 1 N–H and O–H groups in total. The van der Waals surface area contributed by atoms with E-state index in [2.05, 4.69) is 20.9 Å². The smallest absolute Gasteiger partial charge is 0.305 e. The standard InChI is InChI=1S/C32H24BrClN2O4S2/c33-16-6-9-18(10-7-16)36-30(37)25-20-13-21(26(25)31(36)38)27-24(20)23(28-29(41-27)35-32(39)42-28)19-12-17(34)8-11-22(19)40-14-15-4-2-1-3-5-15/h1-12,20-21,23-27H,13-14H2,(H,35,39)/t20-,21-,23?,24?,25?,26?,27?/m1/s1. The van der Waals surface area contributed by atoms with Crippen LogP contribution in [0.1, 0.15) is 28.3 Å². The van der Waals surface area contributed by atoms with Crippen molar-refractivity contribution in [1.29, 1.82) is 0 Å². The van der Waals surface area contributed by atoms with Crippen molar-refractivity contribution in [1.82, 2.24) is 4.98 Å². The predicted octanol–water partition coefficient (Wildman–Crippen LogP) is 7.11. The number of aromatic amines is 1. The van der Waals surface area contributed by atoms with Gasteiger partial charge in [-0.25, -0.2) is 0 Å². The Kier molecular flexibility index (Phi) is 6.44. The maximum absolute atomic E-state index is 14.0. The molecule has 2 aliphatic carbocycles. The normalized spacial score (nSPS) is 29.0. The number of carbonyl (C=O) groups is 2. The highest BCUT2D eigenvalue weighted by Crippen LogP contribution is 2.69. The number of H-pyrrole nitrogens is 1. The van der Waals surface area contributed by atoms with Crippen LogP contribution in [0.2, 0.25) is 5.02 Å². The Morgan fingerprint density at radius 2 is 1.69 bits per heavy atom. The third-order valence-electron chi connectivity index (χ3n) is 9.35. The average molecular weight is 680 g/mol. The number of fused-ring (bicyclic) bond motifs is 9. The highest BCUT2D eigenvalue weighted by Gasteiger charge is 2.69. The number of nitrogens with zero attached hydrogens (tertiary/aromatic N) is 1. The molecule has 1 aromatic heterocycles. The summed E-state index contributed by atoms with van der Waals surface area (Å²) in [4.78, 5) is 45.9. The molecule has 0 spiro atoms. The van der Waals surface area contributed by atoms with E-state index in [9.17, 15) is 14.4 Å². The molecule has 8 rings (SSSR count). The van der Waals surface area contributed by atoms with Gasteiger partial charge in [0.15, 0.2) is 0 Å². The summed E-state index contributed by atoms with van der Waals surface area (Å²) in [5.41, 5.74) is 2.59. The lowest BCUT2D eigenvalue weighted by atomic mass is 9.68. The molecule has 5 unspecified atom stereocenters. The topological polar surface area (TPSA) is 79.5 Å². The molecule has 1 saturated heterocycles. The Balaban J connectivity index is 1.21. The van der Waals surface area contributed by atoms with Crippen molar-refractivity contribution in [2.24, 2.45) is 29.6 Å². The van der Waals surface area contributed by atoms with Crippen LogP contribution < -0.4 is 14.5 Å². The quantitative estimate of drug-likeness (QED) is 0.228. The van der Waals surface area contributed by atoms with Crippen LogP contribution in [0.5, 0.6) is 5.75 Å². The number of rotatable bonds is 5. The number of thioether (sulfide) groups is 1. The van der Waals surface area contributed by atoms with Gasteiger partial charge in [-0.1, -0.05) is 69.2 Å². The molecule has 10 heteroatoms. The molecule has 3 fully saturated rings. The highest BCUT2D eigenvalue weighted by molar-refractivity contribution is 9.10. The summed E-state index contributed by atoms with van der Waals surface area (Å²) < 4.78 is 7.30. The van der Waals surface area contributed by atoms with Gasteiger partial charge in [-0.15, -0.1) is 11.8 Å². The largest absolute Gasteiger partial charge is 0.489 e. The van der Waals surface area contributed by atoms with Crippen LogP contribution in [0.25, 0.3) is 0 Å². The van der Waals surface area contributed by atoms with E-state index in [1.807, 2.05) is 72.8 Å². The van der Waals surface area contributed by atoms with Crippen molar-refractivity contribution in [2.75, 3.05) is 4.90 Å². The molecule has 2 aliphatic heterocycles. The van der Waals surface area contributed by atoms with Crippen LogP contribution in [0, 0.1) is 29.6 Å². The second kappa shape index (κ2) is 10.1. The van der Waals surface area contributed by atoms with Crippen molar-refractivity contribution in [3.63, 3.8) is 0 Å². The molecule has 2 amide bonds. The van der Waals surface area contributed by atoms with E-state index >= 15 is 0 Å². The van der Waals surface area contributed by atoms with Crippen LogP contribution in [0.3, 0.4) is 0 Å². The minimum atomic E-state index is -0.374. The Morgan fingerprint density at radius 1 is 0.952 bits per heavy atom. The molecule has 2 bridgehead atoms. The fraction of sp³-hybridized carbons (Fsp3) is 0.281. The Labute approximate surface area is 263 Å². The Hall–Kier alpha value is -2.85. The number of nitrogens with one attached hydrogen (secondary N) is 1. The average Bonchev–Trinajstić information content (AvgIpc) is 3.72. The minimum Gasteiger partial charge on any atom is -0.489 e. The van der Waals surface area contributed by atoms with Gasteiger partial charge < -0.3 is 9.72 Å². The van der Waals surface area contributed by atoms with Crippen LogP contribution in [0.15, 0.2) is 87.1 Å². The lowest BCUT2D eigenvalue weighted by Gasteiger charge is -2.43. The summed E-state index contributed by atoms with van der Waals surface area (Å²) in [7, 11) is 0. The van der Waals surface area contributed by atoms with Gasteiger partial charge in [-0.05, 0) is 72.2 Å². The number of halogens is 2. The second-order valence-electron chi connectivity index (χ2n) is 11.4. The summed E-state index contributed by atoms with van der Waals surface area (Å²) in [6.45, 7) is 0.396. The number of benzene rings is 3. The second-order valence-corrected chi connectivity index (χ2v) is 15.0. The molecule has 4 aliphatic rings. The molecule has 42 heavy (non-hydrogen) atoms. The van der Waals surface area contributed by atoms with Crippen molar-refractivity contribution < 1.29 is 14.3 Å². The molecular formula is C32H24BrClN2O4S2. The van der Waals surface area contributed by atoms with Crippen LogP contribution in [-0.4, -0.2) is 22.0 Å². The predicted molar refractivity (Wildman–Crippen MR) is 167 cm³/mol. The summed E-state index contributed by atoms with van der Waals surface area (Å²) in [5.74, 6) is -0.294. The van der Waals surface area contributed by atoms with Crippen molar-refractivity contribution in [2.45, 2.75) is 29.2 Å². The fourth-order valence-corrected chi connectivity index (χ4v) is 11.2. The molecule has 6 nitrogen and oxygen atoms in total. The number of hydrogen-bond donors (Lipinski definition) is 1. The molecule has 3 heterocycles. The van der Waals surface area contributed by atoms with Gasteiger partial charge in [0, 0.05) is 31.1 Å². The van der Waals surface area contributed by atoms with E-state index in [0.29, 0.717) is 17.3 Å². The zero-order chi connectivity index (χ0) is 28.7. The summed E-state index contributed by atoms with van der Waals surface area (Å²) in [6, 6.07) is 23.0. The number of carbonyl (C=O) groups excluding carboxylic acids is 2. The van der Waals surface area contributed by atoms with Gasteiger partial charge >= 0.3 is 4.87 Å². The zero-order valence-corrected chi connectivity index (χ0v) is 26.0. The number of aromatic nitrogens is 1. The number of thiazole rings is 1. The Bertz CT molecular complexity index is 1790. The van der Waals surface area contributed by atoms with Crippen LogP contribution in [0.4, 0.5) is 5.69 Å². The van der Waals surface area contributed by atoms with Crippen molar-refractivity contribution in [3.8, 4) is 5.75 Å². The number of amides is 2. The van der Waals surface area contributed by atoms with E-state index < -0.39 is 0 Å². The van der Waals surface area contributed by atoms with Gasteiger partial charge in [0.25, 0.3) is 0 Å².